The molecule has 3 aromatic carbocycles. The summed E-state index contributed by atoms with van der Waals surface area (Å²) in [7, 11) is -5.42. The molecule has 0 aliphatic carbocycles. The summed E-state index contributed by atoms with van der Waals surface area (Å²) in [4.78, 5) is 12.1. The fourth-order valence-electron chi connectivity index (χ4n) is 6.56. The van der Waals surface area contributed by atoms with Crippen molar-refractivity contribution < 1.29 is 27.8 Å². The SMILES string of the molecule is CC(C)c1c(C#CCO[P+](=O)CC(CC(=O)O)O[Si](c2ccccc2)(c2ccccc2)C(C)(C)C)c(-c2ccc(F)cc2)n2ccccc12. The Kier molecular flexibility index (Phi) is 11.3. The zero-order valence-electron chi connectivity index (χ0n) is 28.5. The number of carboxylic acids is 1. The van der Waals surface area contributed by atoms with E-state index in [-0.39, 0.29) is 36.0 Å². The van der Waals surface area contributed by atoms with Crippen molar-refractivity contribution in [3.63, 3.8) is 0 Å². The van der Waals surface area contributed by atoms with Gasteiger partial charge in [-0.1, -0.05) is 113 Å². The van der Waals surface area contributed by atoms with Crippen LogP contribution in [0.5, 0.6) is 0 Å². The minimum absolute atomic E-state index is 0.0952. The minimum Gasteiger partial charge on any atom is -0.481 e. The number of nitrogens with zero attached hydrogens (tertiary/aromatic N) is 1. The van der Waals surface area contributed by atoms with Crippen LogP contribution in [0.4, 0.5) is 4.39 Å². The lowest BCUT2D eigenvalue weighted by Gasteiger charge is -2.44. The van der Waals surface area contributed by atoms with E-state index in [1.165, 1.54) is 12.1 Å². The predicted molar refractivity (Wildman–Crippen MR) is 197 cm³/mol. The van der Waals surface area contributed by atoms with Crippen LogP contribution in [0.1, 0.15) is 58.1 Å². The molecule has 0 amide bonds. The average Bonchev–Trinajstić information content (AvgIpc) is 3.40. The molecule has 252 valence electrons. The number of hydrogen-bond donors (Lipinski definition) is 1. The first-order valence-corrected chi connectivity index (χ1v) is 19.7. The third-order valence-corrected chi connectivity index (χ3v) is 14.8. The van der Waals surface area contributed by atoms with E-state index in [2.05, 4.69) is 50.9 Å². The van der Waals surface area contributed by atoms with Crippen LogP contribution < -0.4 is 10.4 Å². The van der Waals surface area contributed by atoms with Crippen LogP contribution in [-0.2, 0) is 18.3 Å². The standard InChI is InChI=1S/C40H41FNO5PSi/c1-29(2)38-35(39(30-21-23-31(41)24-22-30)42-25-13-12-20-36(38)42)19-14-26-46-48(45)28-32(27-37(43)44)47-49(40(3,4)5,33-15-8-6-9-16-33)34-17-10-7-11-18-34/h6-13,15-18,20-25,29,32H,26-28H2,1-5H3/p+1. The monoisotopic (exact) mass is 694 g/mol. The van der Waals surface area contributed by atoms with Crippen molar-refractivity contribution in [2.75, 3.05) is 12.8 Å². The van der Waals surface area contributed by atoms with E-state index in [1.807, 2.05) is 85.1 Å². The number of fused-ring (bicyclic) bond motifs is 1. The van der Waals surface area contributed by atoms with Gasteiger partial charge in [-0.05, 0) is 73.4 Å². The topological polar surface area (TPSA) is 77.2 Å². The maximum atomic E-state index is 13.8. The molecule has 0 bridgehead atoms. The molecule has 0 saturated carbocycles. The van der Waals surface area contributed by atoms with Crippen molar-refractivity contribution in [2.45, 2.75) is 58.1 Å². The number of halogens is 1. The Hall–Kier alpha value is -4.38. The summed E-state index contributed by atoms with van der Waals surface area (Å²) in [5.41, 5.74) is 4.52. The lowest BCUT2D eigenvalue weighted by Crippen LogP contribution is -2.68. The van der Waals surface area contributed by atoms with E-state index >= 15 is 0 Å². The highest BCUT2D eigenvalue weighted by Crippen LogP contribution is 2.39. The van der Waals surface area contributed by atoms with Gasteiger partial charge < -0.3 is 13.9 Å². The fourth-order valence-corrected chi connectivity index (χ4v) is 12.2. The van der Waals surface area contributed by atoms with E-state index in [4.69, 9.17) is 8.95 Å². The van der Waals surface area contributed by atoms with Gasteiger partial charge in [-0.3, -0.25) is 4.79 Å². The van der Waals surface area contributed by atoms with Gasteiger partial charge in [0.1, 0.15) is 11.9 Å². The van der Waals surface area contributed by atoms with E-state index in [0.29, 0.717) is 0 Å². The van der Waals surface area contributed by atoms with Crippen LogP contribution in [0.15, 0.2) is 109 Å². The molecule has 0 fully saturated rings. The molecule has 2 heterocycles. The second-order valence-corrected chi connectivity index (χ2v) is 18.9. The molecule has 2 aromatic heterocycles. The number of pyridine rings is 1. The second kappa shape index (κ2) is 15.4. The highest BCUT2D eigenvalue weighted by atomic mass is 31.1. The van der Waals surface area contributed by atoms with E-state index in [0.717, 1.165) is 38.3 Å². The Bertz CT molecular complexity index is 1940. The van der Waals surface area contributed by atoms with Crippen LogP contribution in [0, 0.1) is 17.7 Å². The molecule has 2 atom stereocenters. The van der Waals surface area contributed by atoms with Gasteiger partial charge in [-0.15, -0.1) is 4.52 Å². The molecule has 0 radical (unpaired) electrons. The lowest BCUT2D eigenvalue weighted by atomic mass is 9.97. The molecular weight excluding hydrogens is 653 g/mol. The van der Waals surface area contributed by atoms with Crippen LogP contribution in [0.25, 0.3) is 16.8 Å². The summed E-state index contributed by atoms with van der Waals surface area (Å²) in [5.74, 6) is 5.11. The molecule has 0 aliphatic rings. The largest absolute Gasteiger partial charge is 0.511 e. The third kappa shape index (κ3) is 7.93. The number of rotatable bonds is 12. The molecule has 2 unspecified atom stereocenters. The van der Waals surface area contributed by atoms with Gasteiger partial charge in [0.2, 0.25) is 6.16 Å². The Balaban J connectivity index is 1.43. The normalized spacial score (nSPS) is 12.8. The Morgan fingerprint density at radius 2 is 1.51 bits per heavy atom. The minimum atomic E-state index is -3.11. The first-order chi connectivity index (χ1) is 23.4. The van der Waals surface area contributed by atoms with Crippen molar-refractivity contribution in [1.82, 2.24) is 4.40 Å². The van der Waals surface area contributed by atoms with Crippen molar-refractivity contribution >= 4 is 38.2 Å². The number of aliphatic carboxylic acids is 1. The van der Waals surface area contributed by atoms with Gasteiger partial charge in [0.25, 0.3) is 8.32 Å². The summed E-state index contributed by atoms with van der Waals surface area (Å²) in [6, 6.07) is 32.2. The first-order valence-electron chi connectivity index (χ1n) is 16.4. The van der Waals surface area contributed by atoms with Gasteiger partial charge in [0.05, 0.1) is 23.2 Å². The van der Waals surface area contributed by atoms with Gasteiger partial charge >= 0.3 is 14.0 Å². The molecule has 0 spiro atoms. The highest BCUT2D eigenvalue weighted by Gasteiger charge is 2.52. The molecule has 1 N–H and O–H groups in total. The van der Waals surface area contributed by atoms with E-state index in [1.54, 1.807) is 12.1 Å². The Morgan fingerprint density at radius 3 is 2.06 bits per heavy atom. The summed E-state index contributed by atoms with van der Waals surface area (Å²) < 4.78 is 42.1. The van der Waals surface area contributed by atoms with Crippen molar-refractivity contribution in [3.05, 3.63) is 126 Å². The third-order valence-electron chi connectivity index (χ3n) is 8.59. The van der Waals surface area contributed by atoms with Gasteiger partial charge in [-0.25, -0.2) is 4.39 Å². The lowest BCUT2D eigenvalue weighted by molar-refractivity contribution is -0.138. The van der Waals surface area contributed by atoms with Crippen molar-refractivity contribution in [3.8, 4) is 23.1 Å². The molecule has 0 saturated heterocycles. The maximum Gasteiger partial charge on any atom is 0.511 e. The molecule has 6 nitrogen and oxygen atoms in total. The predicted octanol–water partition coefficient (Wildman–Crippen LogP) is 8.40. The number of aromatic nitrogens is 1. The summed E-state index contributed by atoms with van der Waals surface area (Å²) >= 11 is 0. The van der Waals surface area contributed by atoms with E-state index < -0.39 is 28.4 Å². The molecule has 0 aliphatic heterocycles. The summed E-state index contributed by atoms with van der Waals surface area (Å²) in [6.07, 6.45) is 0.681. The quantitative estimate of drug-likeness (QED) is 0.0807. The Morgan fingerprint density at radius 1 is 0.918 bits per heavy atom. The van der Waals surface area contributed by atoms with Gasteiger partial charge in [0.15, 0.2) is 6.61 Å². The smallest absolute Gasteiger partial charge is 0.481 e. The number of carbonyl (C=O) groups is 1. The second-order valence-electron chi connectivity index (χ2n) is 13.3. The van der Waals surface area contributed by atoms with Crippen LogP contribution in [0.3, 0.4) is 0 Å². The highest BCUT2D eigenvalue weighted by molar-refractivity contribution is 7.39. The first kappa shape index (κ1) is 35.9. The molecule has 5 rings (SSSR count). The number of hydrogen-bond acceptors (Lipinski definition) is 4. The average molecular weight is 695 g/mol. The Labute approximate surface area is 289 Å². The van der Waals surface area contributed by atoms with E-state index in [9.17, 15) is 18.9 Å². The molecule has 5 aromatic rings. The van der Waals surface area contributed by atoms with Gasteiger partial charge in [0, 0.05) is 6.20 Å². The number of benzene rings is 3. The number of carboxylic acid groups (broad SMARTS) is 1. The summed E-state index contributed by atoms with van der Waals surface area (Å²) in [6.45, 7) is 10.4. The molecule has 9 heteroatoms. The maximum absolute atomic E-state index is 13.8. The molecular formula is C40H42FNO5PSi+. The summed E-state index contributed by atoms with van der Waals surface area (Å²) in [5, 5.41) is 11.5. The van der Waals surface area contributed by atoms with Crippen LogP contribution >= 0.6 is 8.03 Å². The van der Waals surface area contributed by atoms with Crippen molar-refractivity contribution in [1.29, 1.82) is 0 Å². The van der Waals surface area contributed by atoms with Gasteiger partial charge in [-0.2, -0.15) is 0 Å². The fraction of sp³-hybridized carbons (Fsp3) is 0.275. The van der Waals surface area contributed by atoms with Crippen LogP contribution in [0.2, 0.25) is 5.04 Å². The zero-order chi connectivity index (χ0) is 35.2. The molecule has 49 heavy (non-hydrogen) atoms. The zero-order valence-corrected chi connectivity index (χ0v) is 30.4. The van der Waals surface area contributed by atoms with Crippen LogP contribution in [-0.4, -0.2) is 42.7 Å². The van der Waals surface area contributed by atoms with Crippen molar-refractivity contribution in [2.24, 2.45) is 0 Å².